The molecule has 0 N–H and O–H groups in total. The Morgan fingerprint density at radius 2 is 1.39 bits per heavy atom. The molecule has 0 fully saturated rings. The van der Waals surface area contributed by atoms with Crippen LogP contribution in [-0.4, -0.2) is 5.97 Å². The van der Waals surface area contributed by atoms with Crippen LogP contribution in [0.1, 0.15) is 64.9 Å². The molecule has 6 aromatic carbocycles. The molecule has 6 aromatic rings. The molecule has 0 radical (unpaired) electrons. The smallest absolute Gasteiger partial charge is 0.343 e. The van der Waals surface area contributed by atoms with Crippen LogP contribution in [0.2, 0.25) is 0 Å². The number of carbonyl (C=O) groups excluding carboxylic acids is 1. The molecule has 0 aliphatic carbocycles. The summed E-state index contributed by atoms with van der Waals surface area (Å²) in [6, 6.07) is 41.2. The molecule has 230 valence electrons. The molecule has 0 aliphatic heterocycles. The molecule has 3 nitrogen and oxygen atoms in total. The van der Waals surface area contributed by atoms with E-state index < -0.39 is 0 Å². The normalized spacial score (nSPS) is 11.2. The zero-order valence-corrected chi connectivity index (χ0v) is 27.6. The molecule has 0 aromatic heterocycles. The lowest BCUT2D eigenvalue weighted by molar-refractivity contribution is 0.0733. The first-order valence-corrected chi connectivity index (χ1v) is 16.2. The third kappa shape index (κ3) is 5.93. The fraction of sp³-hybridized carbons (Fsp3) is 0.186. The number of aryl methyl sites for hydroxylation is 2. The van der Waals surface area contributed by atoms with Gasteiger partial charge in [-0.05, 0) is 132 Å². The molecule has 0 saturated heterocycles. The van der Waals surface area contributed by atoms with Crippen LogP contribution < -0.4 is 9.64 Å². The number of para-hydroxylation sites is 1. The molecule has 0 amide bonds. The zero-order valence-electron chi connectivity index (χ0n) is 27.6. The second-order valence-electron chi connectivity index (χ2n) is 12.4. The van der Waals surface area contributed by atoms with Crippen molar-refractivity contribution in [3.8, 4) is 16.9 Å². The Morgan fingerprint density at radius 1 is 0.717 bits per heavy atom. The number of anilines is 3. The minimum Gasteiger partial charge on any atom is -0.423 e. The van der Waals surface area contributed by atoms with E-state index in [2.05, 4.69) is 112 Å². The second kappa shape index (κ2) is 13.1. The van der Waals surface area contributed by atoms with E-state index in [0.29, 0.717) is 17.2 Å². The van der Waals surface area contributed by atoms with Crippen LogP contribution >= 0.6 is 0 Å². The molecule has 0 bridgehead atoms. The average Bonchev–Trinajstić information content (AvgIpc) is 3.06. The highest BCUT2D eigenvalue weighted by molar-refractivity contribution is 5.99. The maximum absolute atomic E-state index is 13.4. The van der Waals surface area contributed by atoms with E-state index in [-0.39, 0.29) is 5.97 Å². The maximum atomic E-state index is 13.4. The third-order valence-corrected chi connectivity index (χ3v) is 8.99. The number of hydrogen-bond acceptors (Lipinski definition) is 3. The Bertz CT molecular complexity index is 2020. The Kier molecular flexibility index (Phi) is 8.76. The van der Waals surface area contributed by atoms with Gasteiger partial charge < -0.3 is 9.64 Å². The first kappa shape index (κ1) is 30.9. The molecule has 0 atom stereocenters. The second-order valence-corrected chi connectivity index (χ2v) is 12.4. The van der Waals surface area contributed by atoms with Crippen LogP contribution in [0.15, 0.2) is 121 Å². The minimum absolute atomic E-state index is 0.374. The Balaban J connectivity index is 1.29. The number of nitrogens with zero attached hydrogens (tertiary/aromatic N) is 1. The minimum atomic E-state index is -0.374. The monoisotopic (exact) mass is 603 g/mol. The Hall–Kier alpha value is -5.15. The van der Waals surface area contributed by atoms with Crippen LogP contribution in [-0.2, 0) is 6.42 Å². The molecule has 0 heterocycles. The lowest BCUT2D eigenvalue weighted by Crippen LogP contribution is -2.12. The van der Waals surface area contributed by atoms with Crippen molar-refractivity contribution in [2.24, 2.45) is 0 Å². The molecular weight excluding hydrogens is 562 g/mol. The highest BCUT2D eigenvalue weighted by Gasteiger charge is 2.19. The van der Waals surface area contributed by atoms with E-state index >= 15 is 0 Å². The molecule has 46 heavy (non-hydrogen) atoms. The molecule has 6 rings (SSSR count). The van der Waals surface area contributed by atoms with Crippen molar-refractivity contribution >= 4 is 33.8 Å². The molecule has 0 aliphatic rings. The standard InChI is InChI=1S/C43H41NO2/c1-7-37-29(4)27-39(28(2)3)42(31(37)6)34-22-25-41(30(5)26-34)46-43(45)33-20-23-36(24-21-33)44(35-16-9-8-10-17-35)40-19-13-15-32-14-11-12-18-38(32)40/h8-28H,7H2,1-6H3. The Morgan fingerprint density at radius 3 is 2.09 bits per heavy atom. The summed E-state index contributed by atoms with van der Waals surface area (Å²) in [6.45, 7) is 13.2. The fourth-order valence-electron chi connectivity index (χ4n) is 6.67. The van der Waals surface area contributed by atoms with Crippen LogP contribution in [0.3, 0.4) is 0 Å². The van der Waals surface area contributed by atoms with Crippen molar-refractivity contribution in [1.82, 2.24) is 0 Å². The number of ether oxygens (including phenoxy) is 1. The van der Waals surface area contributed by atoms with E-state index in [1.165, 1.54) is 33.2 Å². The number of carbonyl (C=O) groups is 1. The number of fused-ring (bicyclic) bond motifs is 1. The molecule has 0 saturated carbocycles. The first-order chi connectivity index (χ1) is 22.3. The van der Waals surface area contributed by atoms with Crippen LogP contribution in [0.4, 0.5) is 17.1 Å². The van der Waals surface area contributed by atoms with Crippen molar-refractivity contribution in [3.63, 3.8) is 0 Å². The van der Waals surface area contributed by atoms with Crippen LogP contribution in [0, 0.1) is 20.8 Å². The molecule has 3 heteroatoms. The molecular formula is C43H41NO2. The van der Waals surface area contributed by atoms with Gasteiger partial charge in [0.05, 0.1) is 11.3 Å². The average molecular weight is 604 g/mol. The summed E-state index contributed by atoms with van der Waals surface area (Å²) in [5.41, 5.74) is 12.4. The van der Waals surface area contributed by atoms with Gasteiger partial charge in [0.2, 0.25) is 0 Å². The van der Waals surface area contributed by atoms with E-state index in [1.807, 2.05) is 55.5 Å². The van der Waals surface area contributed by atoms with Gasteiger partial charge >= 0.3 is 5.97 Å². The van der Waals surface area contributed by atoms with E-state index in [0.717, 1.165) is 40.0 Å². The van der Waals surface area contributed by atoms with Gasteiger partial charge in [0, 0.05) is 16.8 Å². The number of hydrogen-bond donors (Lipinski definition) is 0. The summed E-state index contributed by atoms with van der Waals surface area (Å²) in [6.07, 6.45) is 1.00. The van der Waals surface area contributed by atoms with Crippen molar-refractivity contribution in [3.05, 3.63) is 155 Å². The van der Waals surface area contributed by atoms with Crippen LogP contribution in [0.5, 0.6) is 5.75 Å². The molecule has 0 unspecified atom stereocenters. The van der Waals surface area contributed by atoms with Gasteiger partial charge in [-0.1, -0.05) is 87.5 Å². The summed E-state index contributed by atoms with van der Waals surface area (Å²) in [7, 11) is 0. The van der Waals surface area contributed by atoms with Crippen LogP contribution in [0.25, 0.3) is 21.9 Å². The highest BCUT2D eigenvalue weighted by atomic mass is 16.5. The zero-order chi connectivity index (χ0) is 32.4. The van der Waals surface area contributed by atoms with Gasteiger partial charge in [-0.3, -0.25) is 0 Å². The number of benzene rings is 6. The van der Waals surface area contributed by atoms with Crippen molar-refractivity contribution in [2.75, 3.05) is 4.90 Å². The molecule has 0 spiro atoms. The Labute approximate surface area is 273 Å². The first-order valence-electron chi connectivity index (χ1n) is 16.2. The SMILES string of the molecule is CCc1c(C)cc(C(C)C)c(-c2ccc(OC(=O)c3ccc(N(c4ccccc4)c4cccc5ccccc45)cc3)c(C)c2)c1C. The summed E-state index contributed by atoms with van der Waals surface area (Å²) in [4.78, 5) is 15.6. The van der Waals surface area contributed by atoms with Crippen molar-refractivity contribution in [2.45, 2.75) is 53.9 Å². The van der Waals surface area contributed by atoms with Gasteiger partial charge in [-0.15, -0.1) is 0 Å². The maximum Gasteiger partial charge on any atom is 0.343 e. The van der Waals surface area contributed by atoms with E-state index in [4.69, 9.17) is 4.74 Å². The predicted molar refractivity (Wildman–Crippen MR) is 193 cm³/mol. The summed E-state index contributed by atoms with van der Waals surface area (Å²) >= 11 is 0. The third-order valence-electron chi connectivity index (χ3n) is 8.99. The summed E-state index contributed by atoms with van der Waals surface area (Å²) in [5, 5.41) is 2.33. The number of esters is 1. The largest absolute Gasteiger partial charge is 0.423 e. The summed E-state index contributed by atoms with van der Waals surface area (Å²) < 4.78 is 5.97. The highest BCUT2D eigenvalue weighted by Crippen LogP contribution is 2.40. The van der Waals surface area contributed by atoms with Gasteiger partial charge in [0.1, 0.15) is 5.75 Å². The van der Waals surface area contributed by atoms with Gasteiger partial charge in [0.15, 0.2) is 0 Å². The summed E-state index contributed by atoms with van der Waals surface area (Å²) in [5.74, 6) is 0.602. The van der Waals surface area contributed by atoms with E-state index in [9.17, 15) is 4.79 Å². The van der Waals surface area contributed by atoms with Gasteiger partial charge in [-0.25, -0.2) is 4.79 Å². The lowest BCUT2D eigenvalue weighted by atomic mass is 9.83. The van der Waals surface area contributed by atoms with Gasteiger partial charge in [-0.2, -0.15) is 0 Å². The van der Waals surface area contributed by atoms with Crippen molar-refractivity contribution in [1.29, 1.82) is 0 Å². The topological polar surface area (TPSA) is 29.5 Å². The van der Waals surface area contributed by atoms with Gasteiger partial charge in [0.25, 0.3) is 0 Å². The lowest BCUT2D eigenvalue weighted by Gasteiger charge is -2.27. The fourth-order valence-corrected chi connectivity index (χ4v) is 6.67. The van der Waals surface area contributed by atoms with Crippen molar-refractivity contribution < 1.29 is 9.53 Å². The quantitative estimate of drug-likeness (QED) is 0.128. The predicted octanol–water partition coefficient (Wildman–Crippen LogP) is 11.8. The van der Waals surface area contributed by atoms with E-state index in [1.54, 1.807) is 0 Å². The number of rotatable bonds is 8.